The van der Waals surface area contributed by atoms with E-state index in [2.05, 4.69) is 45.3 Å². The van der Waals surface area contributed by atoms with Gasteiger partial charge in [-0.1, -0.05) is 6.08 Å². The maximum Gasteiger partial charge on any atom is 0.140 e. The Morgan fingerprint density at radius 1 is 1.18 bits per heavy atom. The number of rotatable bonds is 8. The van der Waals surface area contributed by atoms with Crippen LogP contribution in [0.25, 0.3) is 5.69 Å². The van der Waals surface area contributed by atoms with Gasteiger partial charge in [0.1, 0.15) is 17.4 Å². The summed E-state index contributed by atoms with van der Waals surface area (Å²) in [6.07, 6.45) is 9.20. The van der Waals surface area contributed by atoms with E-state index in [0.29, 0.717) is 5.92 Å². The Morgan fingerprint density at radius 2 is 2.04 bits per heavy atom. The number of hydrogen-bond acceptors (Lipinski definition) is 4. The van der Waals surface area contributed by atoms with Crippen molar-refractivity contribution in [3.63, 3.8) is 0 Å². The molecule has 3 rings (SSSR count). The molecule has 152 valence electrons. The second-order valence-corrected chi connectivity index (χ2v) is 7.85. The molecule has 1 fully saturated rings. The van der Waals surface area contributed by atoms with Crippen LogP contribution in [-0.4, -0.2) is 46.4 Å². The topological polar surface area (TPSA) is 43.2 Å². The van der Waals surface area contributed by atoms with Gasteiger partial charge in [0.2, 0.25) is 0 Å². The molecule has 1 saturated heterocycles. The first kappa shape index (κ1) is 20.6. The lowest BCUT2D eigenvalue weighted by Crippen LogP contribution is -2.26. The van der Waals surface area contributed by atoms with Crippen LogP contribution in [0.1, 0.15) is 61.7 Å². The Morgan fingerprint density at radius 3 is 2.79 bits per heavy atom. The van der Waals surface area contributed by atoms with Crippen molar-refractivity contribution in [1.29, 1.82) is 0 Å². The van der Waals surface area contributed by atoms with E-state index in [4.69, 9.17) is 4.74 Å². The van der Waals surface area contributed by atoms with Gasteiger partial charge in [0.25, 0.3) is 0 Å². The summed E-state index contributed by atoms with van der Waals surface area (Å²) in [6.45, 7) is 11.5. The van der Waals surface area contributed by atoms with Crippen LogP contribution in [0, 0.1) is 13.8 Å². The molecule has 0 amide bonds. The molecule has 5 heteroatoms. The first-order valence-corrected chi connectivity index (χ1v) is 10.5. The molecule has 0 aliphatic carbocycles. The molecule has 2 aromatic rings. The highest BCUT2D eigenvalue weighted by Gasteiger charge is 2.24. The number of aryl methyl sites for hydroxylation is 2. The van der Waals surface area contributed by atoms with Gasteiger partial charge in [0.05, 0.1) is 12.8 Å². The van der Waals surface area contributed by atoms with E-state index in [0.717, 1.165) is 42.5 Å². The zero-order valence-electron chi connectivity index (χ0n) is 17.7. The van der Waals surface area contributed by atoms with Gasteiger partial charge in [-0.15, -0.1) is 16.8 Å². The molecule has 0 spiro atoms. The van der Waals surface area contributed by atoms with Crippen LogP contribution in [-0.2, 0) is 0 Å². The Bertz CT molecular complexity index is 783. The molecule has 0 saturated carbocycles. The number of likely N-dealkylation sites (tertiary alicyclic amines) is 1. The van der Waals surface area contributed by atoms with Crippen LogP contribution in [0.3, 0.4) is 0 Å². The molecule has 1 unspecified atom stereocenters. The third kappa shape index (κ3) is 4.82. The normalized spacial score (nSPS) is 18.0. The highest BCUT2D eigenvalue weighted by Crippen LogP contribution is 2.31. The minimum Gasteiger partial charge on any atom is -0.497 e. The quantitative estimate of drug-likeness (QED) is 0.485. The Balaban J connectivity index is 1.74. The van der Waals surface area contributed by atoms with E-state index in [1.54, 1.807) is 7.11 Å². The van der Waals surface area contributed by atoms with E-state index >= 15 is 0 Å². The third-order valence-electron chi connectivity index (χ3n) is 5.81. The lowest BCUT2D eigenvalue weighted by atomic mass is 9.99. The largest absolute Gasteiger partial charge is 0.497 e. The lowest BCUT2D eigenvalue weighted by Gasteiger charge is -2.20. The highest BCUT2D eigenvalue weighted by atomic mass is 16.5. The van der Waals surface area contributed by atoms with Gasteiger partial charge in [0, 0.05) is 5.92 Å². The highest BCUT2D eigenvalue weighted by molar-refractivity contribution is 5.46. The predicted molar refractivity (Wildman–Crippen MR) is 114 cm³/mol. The third-order valence-corrected chi connectivity index (χ3v) is 5.81. The first-order valence-electron chi connectivity index (χ1n) is 10.5. The summed E-state index contributed by atoms with van der Waals surface area (Å²) in [6, 6.07) is 6.22. The second kappa shape index (κ2) is 9.87. The second-order valence-electron chi connectivity index (χ2n) is 7.85. The molecule has 0 bridgehead atoms. The molecule has 2 heterocycles. The SMILES string of the molecule is C=CCCCCN1CCCC(c2nnc(C)n2-c2ccc(OC)cc2C)CC1. The van der Waals surface area contributed by atoms with Crippen molar-refractivity contribution in [2.24, 2.45) is 0 Å². The maximum absolute atomic E-state index is 5.37. The number of allylic oxidation sites excluding steroid dienone is 1. The van der Waals surface area contributed by atoms with Gasteiger partial charge in [-0.2, -0.15) is 0 Å². The van der Waals surface area contributed by atoms with Gasteiger partial charge in [0.15, 0.2) is 0 Å². The molecule has 1 aromatic heterocycles. The van der Waals surface area contributed by atoms with Crippen molar-refractivity contribution in [3.05, 3.63) is 48.1 Å². The minimum absolute atomic E-state index is 0.459. The monoisotopic (exact) mass is 382 g/mol. The van der Waals surface area contributed by atoms with E-state index in [-0.39, 0.29) is 0 Å². The Hall–Kier alpha value is -2.14. The zero-order chi connectivity index (χ0) is 19.9. The molecule has 1 aromatic carbocycles. The first-order chi connectivity index (χ1) is 13.6. The summed E-state index contributed by atoms with van der Waals surface area (Å²) >= 11 is 0. The van der Waals surface area contributed by atoms with E-state index in [1.807, 2.05) is 19.1 Å². The van der Waals surface area contributed by atoms with E-state index in [9.17, 15) is 0 Å². The predicted octanol–water partition coefficient (Wildman–Crippen LogP) is 4.82. The summed E-state index contributed by atoms with van der Waals surface area (Å²) < 4.78 is 7.62. The molecule has 28 heavy (non-hydrogen) atoms. The van der Waals surface area contributed by atoms with Gasteiger partial charge in [-0.25, -0.2) is 0 Å². The number of methoxy groups -OCH3 is 1. The van der Waals surface area contributed by atoms with E-state index in [1.165, 1.54) is 44.3 Å². The van der Waals surface area contributed by atoms with Gasteiger partial charge >= 0.3 is 0 Å². The molecule has 5 nitrogen and oxygen atoms in total. The van der Waals surface area contributed by atoms with Crippen molar-refractivity contribution in [2.75, 3.05) is 26.7 Å². The Labute approximate surface area is 169 Å². The number of benzene rings is 1. The fraction of sp³-hybridized carbons (Fsp3) is 0.565. The smallest absolute Gasteiger partial charge is 0.140 e. The van der Waals surface area contributed by atoms with Crippen LogP contribution in [0.5, 0.6) is 5.75 Å². The van der Waals surface area contributed by atoms with Crippen molar-refractivity contribution in [1.82, 2.24) is 19.7 Å². The Kier molecular flexibility index (Phi) is 7.26. The van der Waals surface area contributed by atoms with E-state index < -0.39 is 0 Å². The fourth-order valence-electron chi connectivity index (χ4n) is 4.21. The number of unbranched alkanes of at least 4 members (excludes halogenated alkanes) is 2. The van der Waals surface area contributed by atoms with Gasteiger partial charge < -0.3 is 9.64 Å². The van der Waals surface area contributed by atoms with Crippen LogP contribution >= 0.6 is 0 Å². The van der Waals surface area contributed by atoms with Crippen molar-refractivity contribution in [3.8, 4) is 11.4 Å². The minimum atomic E-state index is 0.459. The molecule has 0 radical (unpaired) electrons. The number of nitrogens with zero attached hydrogens (tertiary/aromatic N) is 4. The van der Waals surface area contributed by atoms with Crippen LogP contribution in [0.15, 0.2) is 30.9 Å². The number of ether oxygens (including phenoxy) is 1. The van der Waals surface area contributed by atoms with Crippen LogP contribution < -0.4 is 4.74 Å². The van der Waals surface area contributed by atoms with Crippen LogP contribution in [0.2, 0.25) is 0 Å². The summed E-state index contributed by atoms with van der Waals surface area (Å²) in [4.78, 5) is 2.62. The summed E-state index contributed by atoms with van der Waals surface area (Å²) in [5.41, 5.74) is 2.34. The standard InChI is InChI=1S/C23H34N4O/c1-5-6-7-8-14-26-15-9-10-20(13-16-26)23-25-24-19(3)27(23)22-12-11-21(28-4)17-18(22)2/h5,11-12,17,20H,1,6-10,13-16H2,2-4H3. The average Bonchev–Trinajstić information content (AvgIpc) is 2.92. The summed E-state index contributed by atoms with van der Waals surface area (Å²) in [7, 11) is 1.71. The van der Waals surface area contributed by atoms with Crippen molar-refractivity contribution >= 4 is 0 Å². The van der Waals surface area contributed by atoms with Gasteiger partial charge in [-0.05, 0) is 95.8 Å². The maximum atomic E-state index is 5.37. The van der Waals surface area contributed by atoms with Crippen molar-refractivity contribution in [2.45, 2.75) is 58.3 Å². The average molecular weight is 383 g/mol. The zero-order valence-corrected chi connectivity index (χ0v) is 17.7. The number of aromatic nitrogens is 3. The number of hydrogen-bond donors (Lipinski definition) is 0. The summed E-state index contributed by atoms with van der Waals surface area (Å²) in [5, 5.41) is 9.04. The van der Waals surface area contributed by atoms with Crippen molar-refractivity contribution < 1.29 is 4.74 Å². The van der Waals surface area contributed by atoms with Gasteiger partial charge in [-0.3, -0.25) is 4.57 Å². The molecular formula is C23H34N4O. The molecule has 0 N–H and O–H groups in total. The molecular weight excluding hydrogens is 348 g/mol. The lowest BCUT2D eigenvalue weighted by molar-refractivity contribution is 0.278. The fourth-order valence-corrected chi connectivity index (χ4v) is 4.21. The molecule has 1 aliphatic rings. The summed E-state index contributed by atoms with van der Waals surface area (Å²) in [5.74, 6) is 3.41. The molecule has 1 atom stereocenters. The molecule has 1 aliphatic heterocycles. The van der Waals surface area contributed by atoms with Crippen LogP contribution in [0.4, 0.5) is 0 Å².